The van der Waals surface area contributed by atoms with Crippen molar-refractivity contribution < 1.29 is 4.79 Å². The molecule has 1 aliphatic rings. The minimum absolute atomic E-state index is 0.463. The number of hydrogen-bond acceptors (Lipinski definition) is 4. The number of amidine groups is 1. The number of carbonyl (C=O) groups excluding carboxylic acids is 1. The predicted molar refractivity (Wildman–Crippen MR) is 29.3 cm³/mol. The predicted octanol–water partition coefficient (Wildman–Crippen LogP) is -1.01. The molecule has 0 saturated heterocycles. The van der Waals surface area contributed by atoms with Gasteiger partial charge in [-0.3, -0.25) is 10.2 Å². The maximum absolute atomic E-state index is 10.0. The lowest BCUT2D eigenvalue weighted by molar-refractivity contribution is -0.103. The van der Waals surface area contributed by atoms with E-state index in [9.17, 15) is 4.79 Å². The topological polar surface area (TPSA) is 44.7 Å². The van der Waals surface area contributed by atoms with Crippen LogP contribution in [0.3, 0.4) is 0 Å². The van der Waals surface area contributed by atoms with Crippen LogP contribution in [0, 0.1) is 0 Å². The standard InChI is InChI=1S/C4H7N3O/c1-7-3-5-6-4(7)2-8/h2,5H,3H2,1H3. The Kier molecular flexibility index (Phi) is 1.15. The Hall–Kier alpha value is -1.06. The molecule has 0 amide bonds. The molecular weight excluding hydrogens is 106 g/mol. The molecule has 1 N–H and O–H groups in total. The van der Waals surface area contributed by atoms with Crippen molar-refractivity contribution in [2.75, 3.05) is 13.7 Å². The van der Waals surface area contributed by atoms with E-state index in [2.05, 4.69) is 10.5 Å². The Morgan fingerprint density at radius 1 is 2.00 bits per heavy atom. The highest BCUT2D eigenvalue weighted by molar-refractivity contribution is 6.27. The van der Waals surface area contributed by atoms with Crippen LogP contribution in [-0.4, -0.2) is 30.7 Å². The Balaban J connectivity index is 2.62. The molecule has 0 aromatic heterocycles. The highest BCUT2D eigenvalue weighted by Crippen LogP contribution is 1.87. The summed E-state index contributed by atoms with van der Waals surface area (Å²) in [7, 11) is 1.80. The Morgan fingerprint density at radius 3 is 3.00 bits per heavy atom. The molecule has 0 aromatic carbocycles. The van der Waals surface area contributed by atoms with Crippen LogP contribution in [0.1, 0.15) is 0 Å². The molecule has 0 spiro atoms. The summed E-state index contributed by atoms with van der Waals surface area (Å²) in [6, 6.07) is 0. The van der Waals surface area contributed by atoms with E-state index in [0.717, 1.165) is 6.29 Å². The van der Waals surface area contributed by atoms with Gasteiger partial charge in [0.05, 0.1) is 0 Å². The molecule has 8 heavy (non-hydrogen) atoms. The normalized spacial score (nSPS) is 17.6. The molecule has 0 atom stereocenters. The average Bonchev–Trinajstić information content (AvgIpc) is 2.14. The summed E-state index contributed by atoms with van der Waals surface area (Å²) in [6.07, 6.45) is 0.722. The van der Waals surface area contributed by atoms with E-state index in [1.54, 1.807) is 11.9 Å². The maximum atomic E-state index is 10.0. The van der Waals surface area contributed by atoms with Gasteiger partial charge in [-0.15, -0.1) is 0 Å². The summed E-state index contributed by atoms with van der Waals surface area (Å²) in [5.41, 5.74) is 2.66. The van der Waals surface area contributed by atoms with Crippen molar-refractivity contribution in [1.82, 2.24) is 10.3 Å². The van der Waals surface area contributed by atoms with Gasteiger partial charge < -0.3 is 4.90 Å². The van der Waals surface area contributed by atoms with Crippen molar-refractivity contribution >= 4 is 12.1 Å². The third-order valence-electron chi connectivity index (χ3n) is 0.998. The van der Waals surface area contributed by atoms with Gasteiger partial charge in [0.1, 0.15) is 6.67 Å². The maximum Gasteiger partial charge on any atom is 0.189 e. The summed E-state index contributed by atoms with van der Waals surface area (Å²) in [5, 5.41) is 3.66. The Bertz CT molecular complexity index is 131. The lowest BCUT2D eigenvalue weighted by Crippen LogP contribution is -2.25. The van der Waals surface area contributed by atoms with E-state index < -0.39 is 0 Å². The number of nitrogens with one attached hydrogen (secondary N) is 1. The van der Waals surface area contributed by atoms with E-state index in [4.69, 9.17) is 0 Å². The molecule has 1 aliphatic heterocycles. The summed E-state index contributed by atoms with van der Waals surface area (Å²) in [5.74, 6) is 0.463. The third-order valence-corrected chi connectivity index (χ3v) is 0.998. The fraction of sp³-hybridized carbons (Fsp3) is 0.500. The van der Waals surface area contributed by atoms with Gasteiger partial charge in [0.15, 0.2) is 12.1 Å². The van der Waals surface area contributed by atoms with Gasteiger partial charge in [0.25, 0.3) is 0 Å². The third kappa shape index (κ3) is 0.641. The molecule has 0 aliphatic carbocycles. The molecule has 0 bridgehead atoms. The van der Waals surface area contributed by atoms with E-state index >= 15 is 0 Å². The number of nitrogens with zero attached hydrogens (tertiary/aromatic N) is 2. The number of carbonyl (C=O) groups is 1. The first kappa shape index (κ1) is 5.08. The van der Waals surface area contributed by atoms with Crippen molar-refractivity contribution in [2.45, 2.75) is 0 Å². The zero-order valence-corrected chi connectivity index (χ0v) is 4.59. The van der Waals surface area contributed by atoms with Gasteiger partial charge in [-0.05, 0) is 0 Å². The number of hydrazone groups is 1. The minimum Gasteiger partial charge on any atom is -0.337 e. The van der Waals surface area contributed by atoms with Crippen molar-refractivity contribution in [3.63, 3.8) is 0 Å². The molecule has 44 valence electrons. The van der Waals surface area contributed by atoms with Crippen LogP contribution >= 0.6 is 0 Å². The van der Waals surface area contributed by atoms with Gasteiger partial charge in [-0.2, -0.15) is 5.10 Å². The van der Waals surface area contributed by atoms with Crippen molar-refractivity contribution in [3.05, 3.63) is 0 Å². The van der Waals surface area contributed by atoms with Crippen LogP contribution in [0.5, 0.6) is 0 Å². The molecule has 4 heteroatoms. The summed E-state index contributed by atoms with van der Waals surface area (Å²) in [6.45, 7) is 0.633. The van der Waals surface area contributed by atoms with Gasteiger partial charge in [-0.25, -0.2) is 0 Å². The molecule has 0 unspecified atom stereocenters. The van der Waals surface area contributed by atoms with E-state index in [0.29, 0.717) is 12.5 Å². The molecule has 1 rings (SSSR count). The lowest BCUT2D eigenvalue weighted by Gasteiger charge is -2.04. The number of aldehydes is 1. The molecule has 4 nitrogen and oxygen atoms in total. The largest absolute Gasteiger partial charge is 0.337 e. The monoisotopic (exact) mass is 113 g/mol. The first-order chi connectivity index (χ1) is 3.84. The van der Waals surface area contributed by atoms with Crippen LogP contribution < -0.4 is 5.43 Å². The van der Waals surface area contributed by atoms with Crippen LogP contribution in [0.4, 0.5) is 0 Å². The minimum atomic E-state index is 0.463. The fourth-order valence-corrected chi connectivity index (χ4v) is 0.505. The van der Waals surface area contributed by atoms with Crippen LogP contribution in [0.25, 0.3) is 0 Å². The quantitative estimate of drug-likeness (QED) is 0.443. The molecule has 0 radical (unpaired) electrons. The van der Waals surface area contributed by atoms with Crippen LogP contribution in [0.2, 0.25) is 0 Å². The molecule has 0 saturated carbocycles. The van der Waals surface area contributed by atoms with Gasteiger partial charge in [0.2, 0.25) is 0 Å². The van der Waals surface area contributed by atoms with Gasteiger partial charge >= 0.3 is 0 Å². The number of hydrogen-bond donors (Lipinski definition) is 1. The second-order valence-electron chi connectivity index (χ2n) is 1.60. The first-order valence-electron chi connectivity index (χ1n) is 2.31. The molecule has 1 heterocycles. The Morgan fingerprint density at radius 2 is 2.75 bits per heavy atom. The smallest absolute Gasteiger partial charge is 0.189 e. The van der Waals surface area contributed by atoms with E-state index in [-0.39, 0.29) is 0 Å². The van der Waals surface area contributed by atoms with Crippen LogP contribution in [-0.2, 0) is 4.79 Å². The SMILES string of the molecule is CN1CNN=C1C=O. The summed E-state index contributed by atoms with van der Waals surface area (Å²) < 4.78 is 0. The van der Waals surface area contributed by atoms with Gasteiger partial charge in [0, 0.05) is 7.05 Å². The molecule has 0 aromatic rings. The van der Waals surface area contributed by atoms with Crippen molar-refractivity contribution in [1.29, 1.82) is 0 Å². The molecule has 0 fully saturated rings. The summed E-state index contributed by atoms with van der Waals surface area (Å²) >= 11 is 0. The highest BCUT2D eigenvalue weighted by Gasteiger charge is 2.08. The first-order valence-corrected chi connectivity index (χ1v) is 2.31. The second kappa shape index (κ2) is 1.81. The number of rotatable bonds is 1. The van der Waals surface area contributed by atoms with E-state index in [1.165, 1.54) is 0 Å². The zero-order chi connectivity index (χ0) is 5.98. The second-order valence-corrected chi connectivity index (χ2v) is 1.60. The zero-order valence-electron chi connectivity index (χ0n) is 4.59. The van der Waals surface area contributed by atoms with Crippen LogP contribution in [0.15, 0.2) is 5.10 Å². The highest BCUT2D eigenvalue weighted by atomic mass is 16.1. The van der Waals surface area contributed by atoms with Crippen molar-refractivity contribution in [3.8, 4) is 0 Å². The summed E-state index contributed by atoms with van der Waals surface area (Å²) in [4.78, 5) is 11.7. The van der Waals surface area contributed by atoms with Gasteiger partial charge in [-0.1, -0.05) is 0 Å². The average molecular weight is 113 g/mol. The fourth-order valence-electron chi connectivity index (χ4n) is 0.505. The Labute approximate surface area is 47.2 Å². The molecular formula is C4H7N3O. The van der Waals surface area contributed by atoms with Crippen molar-refractivity contribution in [2.24, 2.45) is 5.10 Å². The van der Waals surface area contributed by atoms with E-state index in [1.807, 2.05) is 0 Å². The lowest BCUT2D eigenvalue weighted by atomic mass is 10.6. The number of likely N-dealkylation sites (N-methyl/N-ethyl adjacent to an activating group) is 1.